The molecule has 0 aromatic heterocycles. The van der Waals surface area contributed by atoms with E-state index in [1.807, 2.05) is 13.8 Å². The summed E-state index contributed by atoms with van der Waals surface area (Å²) in [6, 6.07) is 0. The van der Waals surface area contributed by atoms with Crippen LogP contribution in [-0.2, 0) is 14.4 Å². The third kappa shape index (κ3) is 5.09. The Labute approximate surface area is 73.2 Å². The van der Waals surface area contributed by atoms with E-state index in [2.05, 4.69) is 5.48 Å². The van der Waals surface area contributed by atoms with E-state index in [1.54, 1.807) is 7.11 Å². The molecule has 12 heavy (non-hydrogen) atoms. The number of hydroxylamine groups is 1. The first-order valence-electron chi connectivity index (χ1n) is 4.13. The second-order valence-electron chi connectivity index (χ2n) is 2.62. The van der Waals surface area contributed by atoms with Crippen LogP contribution in [0.3, 0.4) is 0 Å². The van der Waals surface area contributed by atoms with E-state index >= 15 is 0 Å². The van der Waals surface area contributed by atoms with Gasteiger partial charge in [-0.05, 0) is 6.42 Å². The van der Waals surface area contributed by atoms with Crippen LogP contribution in [0.5, 0.6) is 0 Å². The summed E-state index contributed by atoms with van der Waals surface area (Å²) in [5.74, 6) is -0.0684. The standard InChI is InChI=1S/C8H17NO3/c1-4-7(2)8(10)9-12-6-5-11-3/h7H,4-6H2,1-3H3,(H,9,10). The fourth-order valence-electron chi connectivity index (χ4n) is 0.533. The van der Waals surface area contributed by atoms with E-state index in [4.69, 9.17) is 9.57 Å². The van der Waals surface area contributed by atoms with Crippen molar-refractivity contribution in [1.82, 2.24) is 5.48 Å². The second-order valence-corrected chi connectivity index (χ2v) is 2.62. The number of rotatable bonds is 6. The summed E-state index contributed by atoms with van der Waals surface area (Å²) < 4.78 is 4.73. The summed E-state index contributed by atoms with van der Waals surface area (Å²) in [5.41, 5.74) is 2.35. The van der Waals surface area contributed by atoms with Crippen LogP contribution in [-0.4, -0.2) is 26.2 Å². The molecule has 0 fully saturated rings. The van der Waals surface area contributed by atoms with Crippen molar-refractivity contribution in [2.75, 3.05) is 20.3 Å². The Hall–Kier alpha value is -0.610. The molecule has 0 bridgehead atoms. The highest BCUT2D eigenvalue weighted by molar-refractivity contribution is 5.77. The fraction of sp³-hybridized carbons (Fsp3) is 0.875. The highest BCUT2D eigenvalue weighted by Gasteiger charge is 2.09. The zero-order chi connectivity index (χ0) is 9.40. The molecule has 0 spiro atoms. The second kappa shape index (κ2) is 7.06. The highest BCUT2D eigenvalue weighted by atomic mass is 16.7. The van der Waals surface area contributed by atoms with Crippen LogP contribution in [0.1, 0.15) is 20.3 Å². The smallest absolute Gasteiger partial charge is 0.246 e. The minimum Gasteiger partial charge on any atom is -0.382 e. The van der Waals surface area contributed by atoms with E-state index in [9.17, 15) is 4.79 Å². The zero-order valence-corrected chi connectivity index (χ0v) is 7.92. The van der Waals surface area contributed by atoms with Gasteiger partial charge in [-0.1, -0.05) is 13.8 Å². The van der Waals surface area contributed by atoms with Crippen molar-refractivity contribution in [3.8, 4) is 0 Å². The molecule has 0 aliphatic carbocycles. The minimum atomic E-state index is -0.0754. The van der Waals surface area contributed by atoms with Crippen molar-refractivity contribution in [2.45, 2.75) is 20.3 Å². The van der Waals surface area contributed by atoms with Gasteiger partial charge in [0, 0.05) is 13.0 Å². The molecule has 0 saturated heterocycles. The quantitative estimate of drug-likeness (QED) is 0.478. The molecule has 72 valence electrons. The Morgan fingerprint density at radius 2 is 2.17 bits per heavy atom. The van der Waals surface area contributed by atoms with Gasteiger partial charge in [0.05, 0.1) is 13.2 Å². The van der Waals surface area contributed by atoms with E-state index in [-0.39, 0.29) is 11.8 Å². The lowest BCUT2D eigenvalue weighted by Gasteiger charge is -2.09. The van der Waals surface area contributed by atoms with Gasteiger partial charge in [-0.25, -0.2) is 5.48 Å². The first-order chi connectivity index (χ1) is 5.72. The fourth-order valence-corrected chi connectivity index (χ4v) is 0.533. The molecule has 1 N–H and O–H groups in total. The van der Waals surface area contributed by atoms with Crippen LogP contribution < -0.4 is 5.48 Å². The van der Waals surface area contributed by atoms with Gasteiger partial charge in [0.25, 0.3) is 0 Å². The monoisotopic (exact) mass is 175 g/mol. The van der Waals surface area contributed by atoms with Crippen molar-refractivity contribution in [3.63, 3.8) is 0 Å². The molecular weight excluding hydrogens is 158 g/mol. The number of hydrogen-bond donors (Lipinski definition) is 1. The molecule has 0 rings (SSSR count). The number of ether oxygens (including phenoxy) is 1. The number of hydrogen-bond acceptors (Lipinski definition) is 3. The van der Waals surface area contributed by atoms with E-state index in [0.29, 0.717) is 13.2 Å². The number of carbonyl (C=O) groups excluding carboxylic acids is 1. The first-order valence-corrected chi connectivity index (χ1v) is 4.13. The summed E-state index contributed by atoms with van der Waals surface area (Å²) in [6.45, 7) is 4.69. The van der Waals surface area contributed by atoms with E-state index in [1.165, 1.54) is 0 Å². The number of carbonyl (C=O) groups is 1. The van der Waals surface area contributed by atoms with Crippen molar-refractivity contribution in [3.05, 3.63) is 0 Å². The molecule has 0 saturated carbocycles. The lowest BCUT2D eigenvalue weighted by atomic mass is 10.1. The minimum absolute atomic E-state index is 0.00699. The van der Waals surface area contributed by atoms with Crippen LogP contribution in [0.15, 0.2) is 0 Å². The Morgan fingerprint density at radius 1 is 1.50 bits per heavy atom. The lowest BCUT2D eigenvalue weighted by molar-refractivity contribution is -0.138. The van der Waals surface area contributed by atoms with E-state index in [0.717, 1.165) is 6.42 Å². The molecule has 0 aliphatic rings. The number of methoxy groups -OCH3 is 1. The van der Waals surface area contributed by atoms with Crippen molar-refractivity contribution in [1.29, 1.82) is 0 Å². The third-order valence-electron chi connectivity index (χ3n) is 1.62. The van der Waals surface area contributed by atoms with Crippen molar-refractivity contribution in [2.24, 2.45) is 5.92 Å². The molecule has 1 unspecified atom stereocenters. The molecule has 4 nitrogen and oxygen atoms in total. The maximum absolute atomic E-state index is 11.1. The molecule has 0 heterocycles. The lowest BCUT2D eigenvalue weighted by Crippen LogP contribution is -2.30. The van der Waals surface area contributed by atoms with Crippen LogP contribution in [0.25, 0.3) is 0 Å². The van der Waals surface area contributed by atoms with Gasteiger partial charge in [0.2, 0.25) is 5.91 Å². The molecule has 0 aromatic carbocycles. The number of amides is 1. The van der Waals surface area contributed by atoms with Gasteiger partial charge in [0.1, 0.15) is 0 Å². The predicted octanol–water partition coefficient (Wildman–Crippen LogP) is 0.727. The molecule has 1 atom stereocenters. The van der Waals surface area contributed by atoms with Crippen LogP contribution >= 0.6 is 0 Å². The SMILES string of the molecule is CCC(C)C(=O)NOCCOC. The molecule has 0 radical (unpaired) electrons. The zero-order valence-electron chi connectivity index (χ0n) is 7.92. The van der Waals surface area contributed by atoms with Crippen LogP contribution in [0.2, 0.25) is 0 Å². The largest absolute Gasteiger partial charge is 0.382 e. The Balaban J connectivity index is 3.31. The van der Waals surface area contributed by atoms with Gasteiger partial charge in [0.15, 0.2) is 0 Å². The first kappa shape index (κ1) is 11.4. The highest BCUT2D eigenvalue weighted by Crippen LogP contribution is 1.98. The van der Waals surface area contributed by atoms with E-state index < -0.39 is 0 Å². The summed E-state index contributed by atoms with van der Waals surface area (Å²) in [7, 11) is 1.58. The summed E-state index contributed by atoms with van der Waals surface area (Å²) >= 11 is 0. The van der Waals surface area contributed by atoms with Crippen molar-refractivity contribution >= 4 is 5.91 Å². The molecule has 0 aromatic rings. The summed E-state index contributed by atoms with van der Waals surface area (Å²) in [4.78, 5) is 15.9. The van der Waals surface area contributed by atoms with Crippen LogP contribution in [0, 0.1) is 5.92 Å². The van der Waals surface area contributed by atoms with Gasteiger partial charge >= 0.3 is 0 Å². The Bertz CT molecular complexity index is 127. The Morgan fingerprint density at radius 3 is 2.67 bits per heavy atom. The summed E-state index contributed by atoms with van der Waals surface area (Å²) in [5, 5.41) is 0. The normalized spacial score (nSPS) is 12.6. The van der Waals surface area contributed by atoms with Gasteiger partial charge in [-0.15, -0.1) is 0 Å². The molecule has 4 heteroatoms. The van der Waals surface area contributed by atoms with Gasteiger partial charge in [-0.2, -0.15) is 0 Å². The molecular formula is C8H17NO3. The predicted molar refractivity (Wildman–Crippen MR) is 45.4 cm³/mol. The molecule has 0 aliphatic heterocycles. The maximum atomic E-state index is 11.1. The van der Waals surface area contributed by atoms with Gasteiger partial charge < -0.3 is 4.74 Å². The van der Waals surface area contributed by atoms with Gasteiger partial charge in [-0.3, -0.25) is 9.63 Å². The Kier molecular flexibility index (Phi) is 6.70. The topological polar surface area (TPSA) is 47.6 Å². The average Bonchev–Trinajstić information content (AvgIpc) is 2.10. The summed E-state index contributed by atoms with van der Waals surface area (Å²) in [6.07, 6.45) is 0.819. The number of nitrogens with one attached hydrogen (secondary N) is 1. The maximum Gasteiger partial charge on any atom is 0.246 e. The third-order valence-corrected chi connectivity index (χ3v) is 1.62. The average molecular weight is 175 g/mol. The van der Waals surface area contributed by atoms with Crippen molar-refractivity contribution < 1.29 is 14.4 Å². The van der Waals surface area contributed by atoms with Crippen LogP contribution in [0.4, 0.5) is 0 Å². The molecule has 1 amide bonds.